The fourth-order valence-corrected chi connectivity index (χ4v) is 5.28. The van der Waals surface area contributed by atoms with E-state index in [-0.39, 0.29) is 30.7 Å². The molecule has 0 aliphatic heterocycles. The lowest BCUT2D eigenvalue weighted by atomic mass is 10.1. The van der Waals surface area contributed by atoms with Crippen molar-refractivity contribution in [1.29, 1.82) is 0 Å². The Bertz CT molecular complexity index is 966. The first-order chi connectivity index (χ1) is 24.6. The highest BCUT2D eigenvalue weighted by molar-refractivity contribution is 7.86. The van der Waals surface area contributed by atoms with Crippen LogP contribution in [0.4, 0.5) is 0 Å². The SMILES string of the molecule is CCCCCCCCCCCC(=O)OCCOCCOCCOCCOCCOCCOCCOCCOCCOS(=O)(=O)c1ccccc1. The fourth-order valence-electron chi connectivity index (χ4n) is 4.37. The van der Waals surface area contributed by atoms with Crippen molar-refractivity contribution in [3.8, 4) is 0 Å². The average molecular weight is 737 g/mol. The van der Waals surface area contributed by atoms with Gasteiger partial charge in [-0.25, -0.2) is 0 Å². The first-order valence-corrected chi connectivity index (χ1v) is 19.7. The van der Waals surface area contributed by atoms with Gasteiger partial charge in [-0.3, -0.25) is 8.98 Å². The maximum Gasteiger partial charge on any atom is 0.305 e. The molecule has 292 valence electrons. The van der Waals surface area contributed by atoms with Crippen LogP contribution in [0.1, 0.15) is 71.1 Å². The number of carbonyl (C=O) groups excluding carboxylic acids is 1. The molecular formula is C36H64O13S. The molecule has 0 saturated carbocycles. The molecule has 1 aromatic carbocycles. The van der Waals surface area contributed by atoms with Gasteiger partial charge in [-0.05, 0) is 18.6 Å². The van der Waals surface area contributed by atoms with Crippen LogP contribution in [-0.4, -0.2) is 133 Å². The smallest absolute Gasteiger partial charge is 0.305 e. The number of unbranched alkanes of at least 4 members (excludes halogenated alkanes) is 8. The van der Waals surface area contributed by atoms with Crippen molar-refractivity contribution in [2.75, 3.05) is 119 Å². The zero-order valence-electron chi connectivity index (χ0n) is 30.4. The van der Waals surface area contributed by atoms with Crippen LogP contribution in [0.5, 0.6) is 0 Å². The Morgan fingerprint density at radius 2 is 0.800 bits per heavy atom. The van der Waals surface area contributed by atoms with Gasteiger partial charge in [0.2, 0.25) is 0 Å². The monoisotopic (exact) mass is 736 g/mol. The van der Waals surface area contributed by atoms with Gasteiger partial charge >= 0.3 is 5.97 Å². The normalized spacial score (nSPS) is 11.7. The minimum atomic E-state index is -3.76. The molecule has 1 aromatic rings. The number of hydrogen-bond donors (Lipinski definition) is 0. The molecule has 14 heteroatoms. The summed E-state index contributed by atoms with van der Waals surface area (Å²) >= 11 is 0. The average Bonchev–Trinajstić information content (AvgIpc) is 3.12. The third kappa shape index (κ3) is 31.1. The van der Waals surface area contributed by atoms with Crippen molar-refractivity contribution in [3.63, 3.8) is 0 Å². The summed E-state index contributed by atoms with van der Waals surface area (Å²) in [4.78, 5) is 11.9. The van der Waals surface area contributed by atoms with Crippen molar-refractivity contribution < 1.29 is 60.0 Å². The third-order valence-corrected chi connectivity index (χ3v) is 8.40. The van der Waals surface area contributed by atoms with E-state index in [1.807, 2.05) is 0 Å². The van der Waals surface area contributed by atoms with E-state index < -0.39 is 10.1 Å². The summed E-state index contributed by atoms with van der Waals surface area (Å²) in [5.41, 5.74) is 0. The number of benzene rings is 1. The molecule has 0 atom stereocenters. The van der Waals surface area contributed by atoms with Crippen LogP contribution in [0.25, 0.3) is 0 Å². The van der Waals surface area contributed by atoms with Crippen molar-refractivity contribution in [3.05, 3.63) is 30.3 Å². The summed E-state index contributed by atoms with van der Waals surface area (Å²) < 4.78 is 77.6. The van der Waals surface area contributed by atoms with Gasteiger partial charge in [0.25, 0.3) is 10.1 Å². The van der Waals surface area contributed by atoms with Crippen LogP contribution < -0.4 is 0 Å². The van der Waals surface area contributed by atoms with Gasteiger partial charge in [0.05, 0.1) is 117 Å². The summed E-state index contributed by atoms with van der Waals surface area (Å²) in [6.07, 6.45) is 11.5. The van der Waals surface area contributed by atoms with E-state index in [0.29, 0.717) is 106 Å². The predicted octanol–water partition coefficient (Wildman–Crippen LogP) is 4.99. The standard InChI is InChI=1S/C36H64O13S/c1-2-3-4-5-6-7-8-9-13-16-36(37)48-33-31-46-29-27-44-25-23-42-21-19-40-17-18-41-20-22-43-24-26-45-28-30-47-32-34-49-50(38,39)35-14-11-10-12-15-35/h10-12,14-15H,2-9,13,16-34H2,1H3. The van der Waals surface area contributed by atoms with Crippen LogP contribution in [0, 0.1) is 0 Å². The number of hydrogen-bond acceptors (Lipinski definition) is 13. The molecule has 0 spiro atoms. The summed E-state index contributed by atoms with van der Waals surface area (Å²) in [5.74, 6) is -0.145. The van der Waals surface area contributed by atoms with E-state index in [9.17, 15) is 13.2 Å². The van der Waals surface area contributed by atoms with Gasteiger partial charge in [0, 0.05) is 6.42 Å². The zero-order valence-corrected chi connectivity index (χ0v) is 31.2. The first kappa shape index (κ1) is 46.3. The Hall–Kier alpha value is -1.72. The lowest BCUT2D eigenvalue weighted by Crippen LogP contribution is -2.16. The van der Waals surface area contributed by atoms with Gasteiger partial charge in [-0.15, -0.1) is 0 Å². The molecule has 0 bridgehead atoms. The van der Waals surface area contributed by atoms with Gasteiger partial charge in [0.1, 0.15) is 6.61 Å². The number of ether oxygens (including phenoxy) is 9. The number of rotatable bonds is 39. The summed E-state index contributed by atoms with van der Waals surface area (Å²) in [7, 11) is -3.76. The highest BCUT2D eigenvalue weighted by Crippen LogP contribution is 2.12. The Balaban J connectivity index is 1.68. The van der Waals surface area contributed by atoms with Crippen LogP contribution >= 0.6 is 0 Å². The van der Waals surface area contributed by atoms with Crippen molar-refractivity contribution in [1.82, 2.24) is 0 Å². The van der Waals surface area contributed by atoms with Crippen molar-refractivity contribution >= 4 is 16.1 Å². The molecule has 0 aliphatic rings. The molecule has 0 unspecified atom stereocenters. The molecule has 0 N–H and O–H groups in total. The zero-order chi connectivity index (χ0) is 36.1. The van der Waals surface area contributed by atoms with E-state index in [4.69, 9.17) is 46.8 Å². The summed E-state index contributed by atoms with van der Waals surface area (Å²) in [6, 6.07) is 7.98. The molecule has 0 radical (unpaired) electrons. The second-order valence-electron chi connectivity index (χ2n) is 11.3. The van der Waals surface area contributed by atoms with E-state index in [0.717, 1.165) is 12.8 Å². The molecule has 0 amide bonds. The minimum Gasteiger partial charge on any atom is -0.463 e. The summed E-state index contributed by atoms with van der Waals surface area (Å²) in [6.45, 7) is 9.16. The van der Waals surface area contributed by atoms with Crippen LogP contribution in [-0.2, 0) is 61.7 Å². The highest BCUT2D eigenvalue weighted by Gasteiger charge is 2.13. The lowest BCUT2D eigenvalue weighted by molar-refractivity contribution is -0.145. The predicted molar refractivity (Wildman–Crippen MR) is 189 cm³/mol. The minimum absolute atomic E-state index is 0.0603. The van der Waals surface area contributed by atoms with E-state index in [2.05, 4.69) is 6.92 Å². The van der Waals surface area contributed by atoms with Crippen LogP contribution in [0.15, 0.2) is 35.2 Å². The topological polar surface area (TPSA) is 144 Å². The quantitative estimate of drug-likeness (QED) is 0.0509. The van der Waals surface area contributed by atoms with Crippen molar-refractivity contribution in [2.45, 2.75) is 76.0 Å². The van der Waals surface area contributed by atoms with E-state index in [1.165, 1.54) is 57.1 Å². The highest BCUT2D eigenvalue weighted by atomic mass is 32.2. The number of carbonyl (C=O) groups is 1. The van der Waals surface area contributed by atoms with Gasteiger partial charge in [-0.1, -0.05) is 76.5 Å². The second-order valence-corrected chi connectivity index (χ2v) is 12.9. The summed E-state index contributed by atoms with van der Waals surface area (Å²) in [5, 5.41) is 0. The fraction of sp³-hybridized carbons (Fsp3) is 0.806. The largest absolute Gasteiger partial charge is 0.463 e. The molecule has 0 aromatic heterocycles. The van der Waals surface area contributed by atoms with E-state index in [1.54, 1.807) is 18.2 Å². The van der Waals surface area contributed by atoms with E-state index >= 15 is 0 Å². The Kier molecular flexibility index (Phi) is 33.0. The Morgan fingerprint density at radius 3 is 1.20 bits per heavy atom. The molecular weight excluding hydrogens is 672 g/mol. The molecule has 0 saturated heterocycles. The van der Waals surface area contributed by atoms with Crippen molar-refractivity contribution in [2.24, 2.45) is 0 Å². The van der Waals surface area contributed by atoms with Gasteiger partial charge in [0.15, 0.2) is 0 Å². The molecule has 0 aliphatic carbocycles. The maximum atomic E-state index is 12.0. The van der Waals surface area contributed by atoms with Gasteiger partial charge in [-0.2, -0.15) is 8.42 Å². The van der Waals surface area contributed by atoms with Crippen LogP contribution in [0.3, 0.4) is 0 Å². The first-order valence-electron chi connectivity index (χ1n) is 18.3. The Morgan fingerprint density at radius 1 is 0.460 bits per heavy atom. The molecule has 1 rings (SSSR count). The molecule has 0 fully saturated rings. The van der Waals surface area contributed by atoms with Crippen LogP contribution in [0.2, 0.25) is 0 Å². The lowest BCUT2D eigenvalue weighted by Gasteiger charge is -2.09. The molecule has 0 heterocycles. The molecule has 50 heavy (non-hydrogen) atoms. The van der Waals surface area contributed by atoms with Gasteiger partial charge < -0.3 is 42.6 Å². The third-order valence-electron chi connectivity index (χ3n) is 7.08. The second kappa shape index (κ2) is 35.7. The Labute approximate surface area is 301 Å². The maximum absolute atomic E-state index is 12.0. The molecule has 13 nitrogen and oxygen atoms in total. The number of esters is 1.